The van der Waals surface area contributed by atoms with Gasteiger partial charge in [-0.25, -0.2) is 8.42 Å². The SMILES string of the molecule is N#Cc1cccc(S(=O)(=O)N2CCC(c3nc(C4CC4)no3)C2)c1. The van der Waals surface area contributed by atoms with E-state index in [-0.39, 0.29) is 10.8 Å². The Balaban J connectivity index is 1.53. The van der Waals surface area contributed by atoms with Gasteiger partial charge in [0.15, 0.2) is 5.82 Å². The average molecular weight is 344 g/mol. The molecule has 8 heteroatoms. The van der Waals surface area contributed by atoms with Gasteiger partial charge in [-0.3, -0.25) is 0 Å². The molecule has 7 nitrogen and oxygen atoms in total. The summed E-state index contributed by atoms with van der Waals surface area (Å²) >= 11 is 0. The lowest BCUT2D eigenvalue weighted by molar-refractivity contribution is 0.350. The molecule has 1 saturated heterocycles. The fourth-order valence-electron chi connectivity index (χ4n) is 2.94. The van der Waals surface area contributed by atoms with E-state index in [0.29, 0.717) is 36.9 Å². The van der Waals surface area contributed by atoms with Gasteiger partial charge in [-0.05, 0) is 37.5 Å². The van der Waals surface area contributed by atoms with Crippen LogP contribution >= 0.6 is 0 Å². The highest BCUT2D eigenvalue weighted by Crippen LogP contribution is 2.39. The number of benzene rings is 1. The summed E-state index contributed by atoms with van der Waals surface area (Å²) in [6, 6.07) is 8.06. The van der Waals surface area contributed by atoms with Crippen LogP contribution in [0.4, 0.5) is 0 Å². The van der Waals surface area contributed by atoms with Gasteiger partial charge in [-0.1, -0.05) is 11.2 Å². The lowest BCUT2D eigenvalue weighted by Crippen LogP contribution is -2.28. The third-order valence-corrected chi connectivity index (χ3v) is 6.36. The molecule has 2 aliphatic rings. The fraction of sp³-hybridized carbons (Fsp3) is 0.438. The van der Waals surface area contributed by atoms with Gasteiger partial charge in [0.1, 0.15) is 0 Å². The van der Waals surface area contributed by atoms with Crippen LogP contribution in [0.15, 0.2) is 33.7 Å². The topological polar surface area (TPSA) is 100 Å². The van der Waals surface area contributed by atoms with E-state index in [4.69, 9.17) is 9.78 Å². The van der Waals surface area contributed by atoms with Gasteiger partial charge in [0.05, 0.1) is 22.4 Å². The van der Waals surface area contributed by atoms with Gasteiger partial charge in [-0.15, -0.1) is 0 Å². The molecule has 1 aliphatic carbocycles. The molecule has 1 atom stereocenters. The summed E-state index contributed by atoms with van der Waals surface area (Å²) in [5, 5.41) is 13.0. The van der Waals surface area contributed by atoms with Gasteiger partial charge in [0.2, 0.25) is 15.9 Å². The van der Waals surface area contributed by atoms with Crippen LogP contribution < -0.4 is 0 Å². The molecule has 1 aromatic heterocycles. The zero-order chi connectivity index (χ0) is 16.7. The van der Waals surface area contributed by atoms with Gasteiger partial charge in [-0.2, -0.15) is 14.6 Å². The van der Waals surface area contributed by atoms with E-state index in [2.05, 4.69) is 10.1 Å². The third-order valence-electron chi connectivity index (χ3n) is 4.50. The van der Waals surface area contributed by atoms with Crippen LogP contribution in [0, 0.1) is 11.3 Å². The Labute approximate surface area is 139 Å². The highest BCUT2D eigenvalue weighted by molar-refractivity contribution is 7.89. The van der Waals surface area contributed by atoms with Crippen molar-refractivity contribution < 1.29 is 12.9 Å². The van der Waals surface area contributed by atoms with Crippen molar-refractivity contribution in [2.24, 2.45) is 0 Å². The summed E-state index contributed by atoms with van der Waals surface area (Å²) in [6.07, 6.45) is 2.85. The maximum absolute atomic E-state index is 12.8. The number of hydrogen-bond donors (Lipinski definition) is 0. The zero-order valence-corrected chi connectivity index (χ0v) is 13.7. The second kappa shape index (κ2) is 5.69. The summed E-state index contributed by atoms with van der Waals surface area (Å²) in [5.41, 5.74) is 0.331. The lowest BCUT2D eigenvalue weighted by atomic mass is 10.1. The molecule has 1 unspecified atom stereocenters. The molecule has 0 amide bonds. The smallest absolute Gasteiger partial charge is 0.243 e. The quantitative estimate of drug-likeness (QED) is 0.841. The van der Waals surface area contributed by atoms with Crippen LogP contribution in [-0.4, -0.2) is 36.0 Å². The first kappa shape index (κ1) is 15.3. The van der Waals surface area contributed by atoms with Gasteiger partial charge in [0, 0.05) is 19.0 Å². The minimum absolute atomic E-state index is 0.0704. The fourth-order valence-corrected chi connectivity index (χ4v) is 4.49. The molecule has 0 N–H and O–H groups in total. The minimum Gasteiger partial charge on any atom is -0.339 e. The molecule has 1 saturated carbocycles. The van der Waals surface area contributed by atoms with Crippen molar-refractivity contribution in [3.8, 4) is 6.07 Å². The second-order valence-electron chi connectivity index (χ2n) is 6.25. The minimum atomic E-state index is -3.62. The van der Waals surface area contributed by atoms with Crippen LogP contribution in [-0.2, 0) is 10.0 Å². The normalized spacial score (nSPS) is 21.7. The van der Waals surface area contributed by atoms with Crippen molar-refractivity contribution in [2.75, 3.05) is 13.1 Å². The van der Waals surface area contributed by atoms with Gasteiger partial charge < -0.3 is 4.52 Å². The Bertz CT molecular complexity index is 911. The summed E-state index contributed by atoms with van der Waals surface area (Å²) in [4.78, 5) is 4.57. The monoisotopic (exact) mass is 344 g/mol. The first-order chi connectivity index (χ1) is 11.6. The molecule has 1 aliphatic heterocycles. The zero-order valence-electron chi connectivity index (χ0n) is 12.9. The number of nitrogens with zero attached hydrogens (tertiary/aromatic N) is 4. The summed E-state index contributed by atoms with van der Waals surface area (Å²) in [7, 11) is -3.62. The Morgan fingerprint density at radius 1 is 1.25 bits per heavy atom. The van der Waals surface area contributed by atoms with Gasteiger partial charge in [0.25, 0.3) is 0 Å². The van der Waals surface area contributed by atoms with Crippen molar-refractivity contribution in [3.05, 3.63) is 41.5 Å². The molecule has 24 heavy (non-hydrogen) atoms. The summed E-state index contributed by atoms with van der Waals surface area (Å²) in [6.45, 7) is 0.732. The first-order valence-corrected chi connectivity index (χ1v) is 9.36. The molecule has 124 valence electrons. The number of nitriles is 1. The number of sulfonamides is 1. The molecule has 0 bridgehead atoms. The molecular formula is C16H16N4O3S. The molecule has 4 rings (SSSR count). The maximum Gasteiger partial charge on any atom is 0.243 e. The molecule has 0 radical (unpaired) electrons. The van der Waals surface area contributed by atoms with E-state index >= 15 is 0 Å². The molecule has 2 fully saturated rings. The molecule has 2 aromatic rings. The Morgan fingerprint density at radius 2 is 2.08 bits per heavy atom. The standard InChI is InChI=1S/C16H16N4O3S/c17-9-11-2-1-3-14(8-11)24(21,22)20-7-6-13(10-20)16-18-15(19-23-16)12-4-5-12/h1-3,8,12-13H,4-7,10H2. The number of aromatic nitrogens is 2. The Kier molecular flexibility index (Phi) is 3.62. The van der Waals surface area contributed by atoms with Crippen molar-refractivity contribution >= 4 is 10.0 Å². The van der Waals surface area contributed by atoms with Crippen molar-refractivity contribution in [2.45, 2.75) is 36.0 Å². The number of hydrogen-bond acceptors (Lipinski definition) is 6. The van der Waals surface area contributed by atoms with Crippen LogP contribution in [0.3, 0.4) is 0 Å². The first-order valence-electron chi connectivity index (χ1n) is 7.92. The van der Waals surface area contributed by atoms with Crippen LogP contribution in [0.25, 0.3) is 0 Å². The van der Waals surface area contributed by atoms with Crippen molar-refractivity contribution in [1.29, 1.82) is 5.26 Å². The summed E-state index contributed by atoms with van der Waals surface area (Å²) in [5.74, 6) is 1.62. The molecule has 0 spiro atoms. The Hall–Kier alpha value is -2.24. The average Bonchev–Trinajstić information content (AvgIpc) is 3.13. The third kappa shape index (κ3) is 2.70. The lowest BCUT2D eigenvalue weighted by Gasteiger charge is -2.16. The number of rotatable bonds is 4. The predicted molar refractivity (Wildman–Crippen MR) is 83.5 cm³/mol. The van der Waals surface area contributed by atoms with E-state index < -0.39 is 10.0 Å². The van der Waals surface area contributed by atoms with Crippen LogP contribution in [0.5, 0.6) is 0 Å². The van der Waals surface area contributed by atoms with E-state index in [9.17, 15) is 8.42 Å². The van der Waals surface area contributed by atoms with Crippen molar-refractivity contribution in [3.63, 3.8) is 0 Å². The van der Waals surface area contributed by atoms with E-state index in [0.717, 1.165) is 18.7 Å². The molecule has 2 heterocycles. The van der Waals surface area contributed by atoms with E-state index in [1.807, 2.05) is 6.07 Å². The second-order valence-corrected chi connectivity index (χ2v) is 8.19. The van der Waals surface area contributed by atoms with E-state index in [1.165, 1.54) is 16.4 Å². The highest BCUT2D eigenvalue weighted by Gasteiger charge is 2.37. The van der Waals surface area contributed by atoms with E-state index in [1.54, 1.807) is 12.1 Å². The van der Waals surface area contributed by atoms with Crippen molar-refractivity contribution in [1.82, 2.24) is 14.4 Å². The van der Waals surface area contributed by atoms with Crippen LogP contribution in [0.2, 0.25) is 0 Å². The molecular weight excluding hydrogens is 328 g/mol. The Morgan fingerprint density at radius 3 is 2.83 bits per heavy atom. The summed E-state index contributed by atoms with van der Waals surface area (Å²) < 4.78 is 32.3. The predicted octanol–water partition coefficient (Wildman–Crippen LogP) is 2.00. The van der Waals surface area contributed by atoms with Gasteiger partial charge >= 0.3 is 0 Å². The molecule has 1 aromatic carbocycles. The maximum atomic E-state index is 12.8. The largest absolute Gasteiger partial charge is 0.339 e. The highest BCUT2D eigenvalue weighted by atomic mass is 32.2. The van der Waals surface area contributed by atoms with Crippen LogP contribution in [0.1, 0.15) is 48.4 Å².